The molecule has 1 heterocycles. The van der Waals surface area contributed by atoms with E-state index in [1.165, 1.54) is 17.9 Å². The van der Waals surface area contributed by atoms with Crippen LogP contribution in [0.4, 0.5) is 0 Å². The quantitative estimate of drug-likeness (QED) is 0.639. The van der Waals surface area contributed by atoms with Crippen LogP contribution in [0.5, 0.6) is 0 Å². The number of benzene rings is 1. The van der Waals surface area contributed by atoms with Gasteiger partial charge >= 0.3 is 0 Å². The highest BCUT2D eigenvalue weighted by molar-refractivity contribution is 8.05. The monoisotopic (exact) mass is 255 g/mol. The molecule has 1 aliphatic heterocycles. The van der Waals surface area contributed by atoms with Crippen LogP contribution in [0, 0.1) is 5.41 Å². The summed E-state index contributed by atoms with van der Waals surface area (Å²) in [6, 6.07) is 10.7. The predicted octanol–water partition coefficient (Wildman–Crippen LogP) is 4.69. The average molecular weight is 256 g/mol. The molecule has 0 radical (unpaired) electrons. The average Bonchev–Trinajstić information content (AvgIpc) is 2.33. The molecule has 0 N–H and O–H groups in total. The first-order chi connectivity index (χ1) is 7.27. The molecule has 0 aliphatic carbocycles. The van der Waals surface area contributed by atoms with Crippen LogP contribution in [0.3, 0.4) is 0 Å². The Bertz CT molecular complexity index is 383. The van der Waals surface area contributed by atoms with Crippen molar-refractivity contribution in [3.63, 3.8) is 0 Å². The van der Waals surface area contributed by atoms with Gasteiger partial charge in [-0.05, 0) is 32.4 Å². The summed E-state index contributed by atoms with van der Waals surface area (Å²) in [5.74, 6) is 0. The normalized spacial score (nSPS) is 31.6. The summed E-state index contributed by atoms with van der Waals surface area (Å²) in [4.78, 5) is 0. The van der Waals surface area contributed by atoms with E-state index in [4.69, 9.17) is 11.2 Å². The first kappa shape index (κ1) is 12.4. The minimum atomic E-state index is -1.52. The Hall–Kier alpha value is -0.0600. The van der Waals surface area contributed by atoms with Crippen LogP contribution >= 0.6 is 17.9 Å². The van der Waals surface area contributed by atoms with E-state index < -0.39 is 6.62 Å². The molecule has 1 fully saturated rings. The molecule has 0 amide bonds. The number of halogens is 1. The van der Waals surface area contributed by atoms with Crippen LogP contribution in [0.15, 0.2) is 30.3 Å². The molecule has 1 saturated heterocycles. The molecule has 1 unspecified atom stereocenters. The SMILES string of the molecule is CC1(C)CC(C)(C)[P+](Cl)(c2ccccc2)C1. The van der Waals surface area contributed by atoms with Crippen LogP contribution in [-0.4, -0.2) is 11.3 Å². The second-order valence-electron chi connectivity index (χ2n) is 6.36. The van der Waals surface area contributed by atoms with Gasteiger partial charge in [0.1, 0.15) is 5.30 Å². The van der Waals surface area contributed by atoms with Gasteiger partial charge < -0.3 is 0 Å². The zero-order valence-electron chi connectivity index (χ0n) is 10.6. The Labute approximate surface area is 105 Å². The lowest BCUT2D eigenvalue weighted by Crippen LogP contribution is -2.24. The minimum Gasteiger partial charge on any atom is -0.0620 e. The van der Waals surface area contributed by atoms with Gasteiger partial charge in [-0.3, -0.25) is 0 Å². The molecule has 0 saturated carbocycles. The fourth-order valence-corrected chi connectivity index (χ4v) is 8.67. The highest BCUT2D eigenvalue weighted by Gasteiger charge is 2.63. The maximum Gasteiger partial charge on any atom is 0.152 e. The Morgan fingerprint density at radius 2 is 1.62 bits per heavy atom. The highest BCUT2D eigenvalue weighted by atomic mass is 35.7. The van der Waals surface area contributed by atoms with Crippen LogP contribution in [0.25, 0.3) is 0 Å². The zero-order chi connectivity index (χ0) is 12.0. The van der Waals surface area contributed by atoms with Gasteiger partial charge in [-0.2, -0.15) is 0 Å². The summed E-state index contributed by atoms with van der Waals surface area (Å²) in [6.07, 6.45) is 2.39. The molecule has 2 heteroatoms. The second kappa shape index (κ2) is 3.72. The van der Waals surface area contributed by atoms with Gasteiger partial charge in [-0.15, -0.1) is 0 Å². The van der Waals surface area contributed by atoms with E-state index in [2.05, 4.69) is 58.0 Å². The summed E-state index contributed by atoms with van der Waals surface area (Å²) >= 11 is 7.08. The van der Waals surface area contributed by atoms with Gasteiger partial charge in [0, 0.05) is 5.41 Å². The van der Waals surface area contributed by atoms with Crippen molar-refractivity contribution in [2.24, 2.45) is 5.41 Å². The molecular weight excluding hydrogens is 235 g/mol. The molecule has 88 valence electrons. The Kier molecular flexibility index (Phi) is 2.88. The topological polar surface area (TPSA) is 0 Å². The minimum absolute atomic E-state index is 0.263. The summed E-state index contributed by atoms with van der Waals surface area (Å²) in [5, 5.41) is 1.65. The van der Waals surface area contributed by atoms with Crippen molar-refractivity contribution in [3.8, 4) is 0 Å². The summed E-state index contributed by atoms with van der Waals surface area (Å²) < 4.78 is 0. The van der Waals surface area contributed by atoms with Crippen molar-refractivity contribution < 1.29 is 0 Å². The third-order valence-electron chi connectivity index (χ3n) is 3.68. The van der Waals surface area contributed by atoms with Gasteiger partial charge in [0.15, 0.2) is 6.62 Å². The molecule has 0 aromatic heterocycles. The van der Waals surface area contributed by atoms with Crippen molar-refractivity contribution in [3.05, 3.63) is 30.3 Å². The van der Waals surface area contributed by atoms with Gasteiger partial charge in [-0.25, -0.2) is 0 Å². The van der Waals surface area contributed by atoms with E-state index in [9.17, 15) is 0 Å². The maximum atomic E-state index is 7.08. The van der Waals surface area contributed by atoms with Crippen molar-refractivity contribution in [2.45, 2.75) is 39.3 Å². The molecule has 1 aliphatic rings. The summed E-state index contributed by atoms with van der Waals surface area (Å²) in [5.41, 5.74) is 0.384. The lowest BCUT2D eigenvalue weighted by Gasteiger charge is -2.27. The Morgan fingerprint density at radius 3 is 2.06 bits per heavy atom. The van der Waals surface area contributed by atoms with Gasteiger partial charge in [-0.1, -0.05) is 32.0 Å². The van der Waals surface area contributed by atoms with Crippen molar-refractivity contribution in [1.82, 2.24) is 0 Å². The molecular formula is C14H21ClP+. The third kappa shape index (κ3) is 1.91. The number of rotatable bonds is 1. The van der Waals surface area contributed by atoms with E-state index >= 15 is 0 Å². The standard InChI is InChI=1S/C14H21ClP/c1-13(2)10-14(3,4)16(15,11-13)12-8-6-5-7-9-12/h5-9H,10-11H2,1-4H3/q+1. The van der Waals surface area contributed by atoms with Crippen LogP contribution < -0.4 is 5.30 Å². The lowest BCUT2D eigenvalue weighted by atomic mass is 9.86. The molecule has 2 rings (SSSR count). The van der Waals surface area contributed by atoms with Gasteiger partial charge in [0.2, 0.25) is 0 Å². The Morgan fingerprint density at radius 1 is 1.06 bits per heavy atom. The van der Waals surface area contributed by atoms with Crippen molar-refractivity contribution in [1.29, 1.82) is 0 Å². The van der Waals surface area contributed by atoms with E-state index in [-0.39, 0.29) is 5.16 Å². The molecule has 1 aromatic rings. The lowest BCUT2D eigenvalue weighted by molar-refractivity contribution is 0.374. The van der Waals surface area contributed by atoms with E-state index in [0.29, 0.717) is 5.41 Å². The third-order valence-corrected chi connectivity index (χ3v) is 10.5. The maximum absolute atomic E-state index is 7.08. The zero-order valence-corrected chi connectivity index (χ0v) is 12.3. The molecule has 16 heavy (non-hydrogen) atoms. The fraction of sp³-hybridized carbons (Fsp3) is 0.571. The molecule has 1 atom stereocenters. The molecule has 0 spiro atoms. The van der Waals surface area contributed by atoms with Crippen LogP contribution in [0.2, 0.25) is 0 Å². The largest absolute Gasteiger partial charge is 0.152 e. The number of hydrogen-bond acceptors (Lipinski definition) is 0. The second-order valence-corrected chi connectivity index (χ2v) is 11.6. The highest BCUT2D eigenvalue weighted by Crippen LogP contribution is 2.80. The first-order valence-corrected chi connectivity index (χ1v) is 8.78. The summed E-state index contributed by atoms with van der Waals surface area (Å²) in [7, 11) is 0. The van der Waals surface area contributed by atoms with Gasteiger partial charge in [0.25, 0.3) is 0 Å². The van der Waals surface area contributed by atoms with Crippen LogP contribution in [-0.2, 0) is 0 Å². The van der Waals surface area contributed by atoms with Crippen molar-refractivity contribution >= 4 is 23.2 Å². The Balaban J connectivity index is 2.46. The van der Waals surface area contributed by atoms with E-state index in [1.54, 1.807) is 0 Å². The molecule has 1 aromatic carbocycles. The first-order valence-electron chi connectivity index (χ1n) is 5.90. The van der Waals surface area contributed by atoms with Crippen molar-refractivity contribution in [2.75, 3.05) is 6.16 Å². The van der Waals surface area contributed by atoms with E-state index in [1.807, 2.05) is 0 Å². The fourth-order valence-electron chi connectivity index (χ4n) is 3.26. The predicted molar refractivity (Wildman–Crippen MR) is 76.2 cm³/mol. The van der Waals surface area contributed by atoms with E-state index in [0.717, 1.165) is 0 Å². The summed E-state index contributed by atoms with van der Waals surface area (Å²) in [6.45, 7) is 7.86. The molecule has 0 bridgehead atoms. The van der Waals surface area contributed by atoms with Crippen LogP contribution in [0.1, 0.15) is 34.1 Å². The number of hydrogen-bond donors (Lipinski definition) is 0. The molecule has 0 nitrogen and oxygen atoms in total. The smallest absolute Gasteiger partial charge is 0.0620 e. The van der Waals surface area contributed by atoms with Gasteiger partial charge in [0.05, 0.1) is 22.6 Å².